The molecule has 23 heavy (non-hydrogen) atoms. The molecule has 1 aromatic carbocycles. The third kappa shape index (κ3) is 5.58. The maximum absolute atomic E-state index is 12.0. The van der Waals surface area contributed by atoms with Crippen LogP contribution in [0.15, 0.2) is 30.3 Å². The molecule has 3 N–H and O–H groups in total. The van der Waals surface area contributed by atoms with Crippen LogP contribution in [0.4, 0.5) is 4.79 Å². The number of carbonyl (C=O) groups excluding carboxylic acids is 2. The Morgan fingerprint density at radius 2 is 1.83 bits per heavy atom. The van der Waals surface area contributed by atoms with E-state index >= 15 is 0 Å². The Hall–Kier alpha value is -2.04. The molecule has 1 aliphatic carbocycles. The van der Waals surface area contributed by atoms with Crippen LogP contribution >= 0.6 is 0 Å². The Labute approximate surface area is 138 Å². The Kier molecular flexibility index (Phi) is 6.44. The summed E-state index contributed by atoms with van der Waals surface area (Å²) >= 11 is 0. The molecule has 1 aromatic rings. The first-order valence-electron chi connectivity index (χ1n) is 8.41. The molecule has 5 heteroatoms. The van der Waals surface area contributed by atoms with Crippen LogP contribution in [0.1, 0.15) is 38.7 Å². The van der Waals surface area contributed by atoms with Gasteiger partial charge in [0.05, 0.1) is 6.54 Å². The summed E-state index contributed by atoms with van der Waals surface area (Å²) < 4.78 is 0. The highest BCUT2D eigenvalue weighted by Gasteiger charge is 2.27. The molecule has 0 heterocycles. The van der Waals surface area contributed by atoms with Gasteiger partial charge in [-0.1, -0.05) is 57.0 Å². The first-order valence-corrected chi connectivity index (χ1v) is 8.41. The van der Waals surface area contributed by atoms with Gasteiger partial charge in [-0.3, -0.25) is 4.79 Å². The molecule has 0 radical (unpaired) electrons. The maximum atomic E-state index is 12.0. The molecule has 1 aliphatic rings. The zero-order chi connectivity index (χ0) is 16.7. The number of hydrogen-bond acceptors (Lipinski definition) is 2. The van der Waals surface area contributed by atoms with Crippen LogP contribution in [0.5, 0.6) is 0 Å². The number of amides is 3. The van der Waals surface area contributed by atoms with Crippen LogP contribution < -0.4 is 16.0 Å². The molecule has 0 aliphatic heterocycles. The first-order chi connectivity index (χ1) is 11.1. The summed E-state index contributed by atoms with van der Waals surface area (Å²) in [5.41, 5.74) is 1.03. The summed E-state index contributed by atoms with van der Waals surface area (Å²) in [5, 5.41) is 8.40. The van der Waals surface area contributed by atoms with E-state index in [-0.39, 0.29) is 24.5 Å². The van der Waals surface area contributed by atoms with Crippen molar-refractivity contribution in [3.05, 3.63) is 35.9 Å². The Bertz CT molecular complexity index is 518. The highest BCUT2D eigenvalue weighted by molar-refractivity contribution is 5.84. The lowest BCUT2D eigenvalue weighted by atomic mass is 9.78. The van der Waals surface area contributed by atoms with Crippen molar-refractivity contribution in [1.29, 1.82) is 0 Å². The molecule has 1 fully saturated rings. The summed E-state index contributed by atoms with van der Waals surface area (Å²) in [4.78, 5) is 23.7. The molecule has 0 spiro atoms. The lowest BCUT2D eigenvalue weighted by molar-refractivity contribution is -0.121. The molecule has 0 aromatic heterocycles. The number of nitrogens with one attached hydrogen (secondary N) is 3. The Morgan fingerprint density at radius 1 is 1.09 bits per heavy atom. The van der Waals surface area contributed by atoms with Gasteiger partial charge in [0.2, 0.25) is 5.91 Å². The highest BCUT2D eigenvalue weighted by atomic mass is 16.2. The minimum absolute atomic E-state index is 0.0121. The van der Waals surface area contributed by atoms with E-state index in [4.69, 9.17) is 0 Å². The number of urea groups is 1. The van der Waals surface area contributed by atoms with Crippen molar-refractivity contribution in [3.63, 3.8) is 0 Å². The van der Waals surface area contributed by atoms with E-state index < -0.39 is 0 Å². The number of carbonyl (C=O) groups is 2. The second-order valence-electron chi connectivity index (χ2n) is 6.46. The zero-order valence-electron chi connectivity index (χ0n) is 14.0. The molecule has 3 amide bonds. The van der Waals surface area contributed by atoms with Gasteiger partial charge in [0.25, 0.3) is 0 Å². The van der Waals surface area contributed by atoms with Crippen LogP contribution in [-0.4, -0.2) is 24.5 Å². The van der Waals surface area contributed by atoms with E-state index in [1.54, 1.807) is 0 Å². The molecule has 0 unspecified atom stereocenters. The summed E-state index contributed by atoms with van der Waals surface area (Å²) in [5.74, 6) is 1.00. The number of hydrogen-bond donors (Lipinski definition) is 3. The Balaban J connectivity index is 1.66. The highest BCUT2D eigenvalue weighted by Crippen LogP contribution is 2.29. The summed E-state index contributed by atoms with van der Waals surface area (Å²) in [6.07, 6.45) is 3.41. The molecule has 2 rings (SSSR count). The lowest BCUT2D eigenvalue weighted by Crippen LogP contribution is -2.48. The number of benzene rings is 1. The topological polar surface area (TPSA) is 70.2 Å². The van der Waals surface area contributed by atoms with Gasteiger partial charge in [-0.15, -0.1) is 0 Å². The van der Waals surface area contributed by atoms with Gasteiger partial charge >= 0.3 is 6.03 Å². The summed E-state index contributed by atoms with van der Waals surface area (Å²) in [7, 11) is 0. The summed E-state index contributed by atoms with van der Waals surface area (Å²) in [6, 6.07) is 9.57. The molecule has 1 saturated carbocycles. The van der Waals surface area contributed by atoms with Gasteiger partial charge in [-0.2, -0.15) is 0 Å². The molecular weight excluding hydrogens is 290 g/mol. The molecule has 5 nitrogen and oxygen atoms in total. The van der Waals surface area contributed by atoms with Gasteiger partial charge < -0.3 is 16.0 Å². The van der Waals surface area contributed by atoms with Crippen molar-refractivity contribution < 1.29 is 9.59 Å². The molecule has 0 saturated heterocycles. The molecule has 0 bridgehead atoms. The van der Waals surface area contributed by atoms with Gasteiger partial charge in [0, 0.05) is 12.6 Å². The minimum Gasteiger partial charge on any atom is -0.352 e. The largest absolute Gasteiger partial charge is 0.352 e. The minimum atomic E-state index is -0.325. The lowest BCUT2D eigenvalue weighted by Gasteiger charge is -2.34. The third-order valence-electron chi connectivity index (χ3n) is 4.76. The van der Waals surface area contributed by atoms with Gasteiger partial charge in [0.15, 0.2) is 0 Å². The van der Waals surface area contributed by atoms with Crippen LogP contribution in [0.25, 0.3) is 0 Å². The third-order valence-corrected chi connectivity index (χ3v) is 4.76. The smallest absolute Gasteiger partial charge is 0.315 e. The van der Waals surface area contributed by atoms with Crippen molar-refractivity contribution in [3.8, 4) is 0 Å². The van der Waals surface area contributed by atoms with Crippen LogP contribution in [0.2, 0.25) is 0 Å². The standard InChI is InChI=1S/C18H27N3O2/c1-13-7-6-10-16(14(13)2)21-17(22)12-20-18(23)19-11-15-8-4-3-5-9-15/h3-5,8-9,13-14,16H,6-7,10-12H2,1-2H3,(H,21,22)(H2,19,20,23)/t13-,14-,16-/m1/s1. The van der Waals surface area contributed by atoms with E-state index in [9.17, 15) is 9.59 Å². The Morgan fingerprint density at radius 3 is 2.57 bits per heavy atom. The SMILES string of the molecule is C[C@@H]1[C@H](C)CCC[C@H]1NC(=O)CNC(=O)NCc1ccccc1. The molecular formula is C18H27N3O2. The van der Waals surface area contributed by atoms with Crippen LogP contribution in [0.3, 0.4) is 0 Å². The molecule has 3 atom stereocenters. The monoisotopic (exact) mass is 317 g/mol. The van der Waals surface area contributed by atoms with E-state index in [1.807, 2.05) is 30.3 Å². The van der Waals surface area contributed by atoms with Crippen LogP contribution in [-0.2, 0) is 11.3 Å². The first kappa shape index (κ1) is 17.3. The van der Waals surface area contributed by atoms with Crippen molar-refractivity contribution in [1.82, 2.24) is 16.0 Å². The summed E-state index contributed by atoms with van der Waals surface area (Å²) in [6.45, 7) is 4.89. The van der Waals surface area contributed by atoms with Crippen molar-refractivity contribution in [2.24, 2.45) is 11.8 Å². The van der Waals surface area contributed by atoms with Crippen molar-refractivity contribution >= 4 is 11.9 Å². The van der Waals surface area contributed by atoms with Crippen molar-refractivity contribution in [2.45, 2.75) is 45.7 Å². The quantitative estimate of drug-likeness (QED) is 0.780. The van der Waals surface area contributed by atoms with Crippen LogP contribution in [0, 0.1) is 11.8 Å². The average molecular weight is 317 g/mol. The fourth-order valence-electron chi connectivity index (χ4n) is 3.04. The molecule has 126 valence electrons. The van der Waals surface area contributed by atoms with Gasteiger partial charge in [-0.05, 0) is 23.8 Å². The zero-order valence-corrected chi connectivity index (χ0v) is 14.0. The van der Waals surface area contributed by atoms with E-state index in [1.165, 1.54) is 6.42 Å². The van der Waals surface area contributed by atoms with E-state index in [2.05, 4.69) is 29.8 Å². The maximum Gasteiger partial charge on any atom is 0.315 e. The van der Waals surface area contributed by atoms with Crippen molar-refractivity contribution in [2.75, 3.05) is 6.54 Å². The predicted octanol–water partition coefficient (Wildman–Crippen LogP) is 2.43. The fraction of sp³-hybridized carbons (Fsp3) is 0.556. The normalized spacial score (nSPS) is 23.8. The predicted molar refractivity (Wildman–Crippen MR) is 90.8 cm³/mol. The van der Waals surface area contributed by atoms with E-state index in [0.29, 0.717) is 18.4 Å². The average Bonchev–Trinajstić information content (AvgIpc) is 2.56. The van der Waals surface area contributed by atoms with E-state index in [0.717, 1.165) is 18.4 Å². The van der Waals surface area contributed by atoms with Gasteiger partial charge in [-0.25, -0.2) is 4.79 Å². The fourth-order valence-corrected chi connectivity index (χ4v) is 3.04. The second-order valence-corrected chi connectivity index (χ2v) is 6.46. The van der Waals surface area contributed by atoms with Gasteiger partial charge in [0.1, 0.15) is 0 Å². The second kappa shape index (κ2) is 8.56. The number of rotatable bonds is 5.